The molecule has 2 heteroatoms. The topological polar surface area (TPSA) is 26.3 Å². The van der Waals surface area contributed by atoms with E-state index in [1.807, 2.05) is 0 Å². The van der Waals surface area contributed by atoms with E-state index in [1.165, 1.54) is 32.1 Å². The smallest absolute Gasteiger partial charge is 0.136 e. The van der Waals surface area contributed by atoms with Gasteiger partial charge < -0.3 is 4.74 Å². The van der Waals surface area contributed by atoms with Gasteiger partial charge in [0.15, 0.2) is 0 Å². The summed E-state index contributed by atoms with van der Waals surface area (Å²) in [5.41, 5.74) is 0.240. The Labute approximate surface area is 79.7 Å². The van der Waals surface area contributed by atoms with E-state index in [0.29, 0.717) is 12.2 Å². The van der Waals surface area contributed by atoms with E-state index in [1.54, 1.807) is 7.11 Å². The van der Waals surface area contributed by atoms with Crippen molar-refractivity contribution >= 4 is 5.78 Å². The third-order valence-corrected chi connectivity index (χ3v) is 3.78. The van der Waals surface area contributed by atoms with Gasteiger partial charge in [0, 0.05) is 25.4 Å². The highest BCUT2D eigenvalue weighted by Gasteiger charge is 2.47. The first kappa shape index (κ1) is 9.20. The maximum atomic E-state index is 11.4. The summed E-state index contributed by atoms with van der Waals surface area (Å²) in [6, 6.07) is 0. The van der Waals surface area contributed by atoms with Crippen LogP contribution < -0.4 is 0 Å². The molecule has 1 atom stereocenters. The summed E-state index contributed by atoms with van der Waals surface area (Å²) in [6.45, 7) is 0. The van der Waals surface area contributed by atoms with Crippen LogP contribution in [0.2, 0.25) is 0 Å². The standard InChI is InChI=1S/C11H18O2/c1-13-10-7-9(12)8-11(10)5-3-2-4-6-11/h10H,2-8H2,1H3. The Bertz CT molecular complexity index is 204. The Morgan fingerprint density at radius 2 is 2.00 bits per heavy atom. The molecule has 0 bridgehead atoms. The highest BCUT2D eigenvalue weighted by atomic mass is 16.5. The minimum atomic E-state index is 0.222. The van der Waals surface area contributed by atoms with Crippen molar-refractivity contribution in [3.63, 3.8) is 0 Å². The molecule has 0 radical (unpaired) electrons. The van der Waals surface area contributed by atoms with E-state index in [9.17, 15) is 4.79 Å². The van der Waals surface area contributed by atoms with Crippen molar-refractivity contribution in [2.24, 2.45) is 5.41 Å². The molecule has 0 aromatic rings. The zero-order valence-corrected chi connectivity index (χ0v) is 8.34. The minimum Gasteiger partial charge on any atom is -0.380 e. The monoisotopic (exact) mass is 182 g/mol. The molecule has 74 valence electrons. The van der Waals surface area contributed by atoms with Crippen molar-refractivity contribution in [2.45, 2.75) is 51.0 Å². The zero-order valence-electron chi connectivity index (χ0n) is 8.34. The molecule has 2 fully saturated rings. The molecule has 2 aliphatic rings. The zero-order chi connectivity index (χ0) is 9.31. The van der Waals surface area contributed by atoms with E-state index in [-0.39, 0.29) is 11.5 Å². The van der Waals surface area contributed by atoms with Crippen molar-refractivity contribution in [1.82, 2.24) is 0 Å². The van der Waals surface area contributed by atoms with Crippen LogP contribution in [0.15, 0.2) is 0 Å². The largest absolute Gasteiger partial charge is 0.380 e. The number of rotatable bonds is 1. The van der Waals surface area contributed by atoms with Crippen LogP contribution in [0, 0.1) is 5.41 Å². The number of hydrogen-bond acceptors (Lipinski definition) is 2. The summed E-state index contributed by atoms with van der Waals surface area (Å²) in [7, 11) is 1.75. The first-order valence-corrected chi connectivity index (χ1v) is 5.31. The van der Waals surface area contributed by atoms with Crippen LogP contribution in [-0.2, 0) is 9.53 Å². The fourth-order valence-electron chi connectivity index (χ4n) is 3.09. The van der Waals surface area contributed by atoms with Gasteiger partial charge in [0.2, 0.25) is 0 Å². The Kier molecular flexibility index (Phi) is 2.41. The molecule has 0 heterocycles. The average Bonchev–Trinajstić information content (AvgIpc) is 2.43. The van der Waals surface area contributed by atoms with Crippen molar-refractivity contribution < 1.29 is 9.53 Å². The second-order valence-corrected chi connectivity index (χ2v) is 4.57. The van der Waals surface area contributed by atoms with Crippen molar-refractivity contribution in [3.05, 3.63) is 0 Å². The van der Waals surface area contributed by atoms with Gasteiger partial charge in [-0.15, -0.1) is 0 Å². The van der Waals surface area contributed by atoms with Gasteiger partial charge in [-0.2, -0.15) is 0 Å². The van der Waals surface area contributed by atoms with E-state index in [2.05, 4.69) is 0 Å². The van der Waals surface area contributed by atoms with Crippen LogP contribution in [0.1, 0.15) is 44.9 Å². The number of Topliss-reactive ketones (excluding diaryl/α,β-unsaturated/α-hetero) is 1. The van der Waals surface area contributed by atoms with E-state index in [0.717, 1.165) is 6.42 Å². The van der Waals surface area contributed by atoms with Crippen molar-refractivity contribution in [3.8, 4) is 0 Å². The summed E-state index contributed by atoms with van der Waals surface area (Å²) in [6.07, 6.45) is 7.99. The van der Waals surface area contributed by atoms with Crippen LogP contribution in [0.3, 0.4) is 0 Å². The number of ketones is 1. The van der Waals surface area contributed by atoms with Gasteiger partial charge >= 0.3 is 0 Å². The molecule has 2 saturated carbocycles. The lowest BCUT2D eigenvalue weighted by Gasteiger charge is -2.37. The van der Waals surface area contributed by atoms with Gasteiger partial charge in [0.1, 0.15) is 5.78 Å². The molecule has 1 spiro atoms. The molecule has 2 rings (SSSR count). The quantitative estimate of drug-likeness (QED) is 0.622. The molecule has 0 aromatic heterocycles. The van der Waals surface area contributed by atoms with E-state index < -0.39 is 0 Å². The second-order valence-electron chi connectivity index (χ2n) is 4.57. The SMILES string of the molecule is COC1CC(=O)CC12CCCCC2. The fourth-order valence-corrected chi connectivity index (χ4v) is 3.09. The van der Waals surface area contributed by atoms with Gasteiger partial charge in [-0.1, -0.05) is 19.3 Å². The van der Waals surface area contributed by atoms with Gasteiger partial charge in [-0.25, -0.2) is 0 Å². The third kappa shape index (κ3) is 1.52. The van der Waals surface area contributed by atoms with Crippen LogP contribution in [0.4, 0.5) is 0 Å². The maximum absolute atomic E-state index is 11.4. The predicted octanol–water partition coefficient (Wildman–Crippen LogP) is 2.31. The molecule has 0 N–H and O–H groups in total. The summed E-state index contributed by atoms with van der Waals surface area (Å²) in [4.78, 5) is 11.4. The molecule has 2 aliphatic carbocycles. The highest BCUT2D eigenvalue weighted by molar-refractivity contribution is 5.82. The van der Waals surface area contributed by atoms with E-state index in [4.69, 9.17) is 4.74 Å². The van der Waals surface area contributed by atoms with Crippen molar-refractivity contribution in [2.75, 3.05) is 7.11 Å². The fraction of sp³-hybridized carbons (Fsp3) is 0.909. The van der Waals surface area contributed by atoms with Crippen LogP contribution in [-0.4, -0.2) is 19.0 Å². The summed E-state index contributed by atoms with van der Waals surface area (Å²) in [5, 5.41) is 0. The number of hydrogen-bond donors (Lipinski definition) is 0. The molecule has 0 saturated heterocycles. The summed E-state index contributed by atoms with van der Waals surface area (Å²) >= 11 is 0. The van der Waals surface area contributed by atoms with E-state index >= 15 is 0 Å². The van der Waals surface area contributed by atoms with Crippen molar-refractivity contribution in [1.29, 1.82) is 0 Å². The summed E-state index contributed by atoms with van der Waals surface area (Å²) in [5.74, 6) is 0.411. The maximum Gasteiger partial charge on any atom is 0.136 e. The molecular weight excluding hydrogens is 164 g/mol. The van der Waals surface area contributed by atoms with Gasteiger partial charge in [-0.3, -0.25) is 4.79 Å². The van der Waals surface area contributed by atoms with Crippen LogP contribution >= 0.6 is 0 Å². The van der Waals surface area contributed by atoms with Crippen LogP contribution in [0.25, 0.3) is 0 Å². The lowest BCUT2D eigenvalue weighted by molar-refractivity contribution is -0.118. The van der Waals surface area contributed by atoms with Gasteiger partial charge in [0.05, 0.1) is 6.10 Å². The Hall–Kier alpha value is -0.370. The average molecular weight is 182 g/mol. The Balaban J connectivity index is 2.13. The predicted molar refractivity (Wildman–Crippen MR) is 50.6 cm³/mol. The lowest BCUT2D eigenvalue weighted by Crippen LogP contribution is -2.33. The highest BCUT2D eigenvalue weighted by Crippen LogP contribution is 2.48. The Morgan fingerprint density at radius 1 is 1.31 bits per heavy atom. The molecule has 2 nitrogen and oxygen atoms in total. The first-order chi connectivity index (χ1) is 6.27. The van der Waals surface area contributed by atoms with Crippen LogP contribution in [0.5, 0.6) is 0 Å². The molecule has 0 aliphatic heterocycles. The first-order valence-electron chi connectivity index (χ1n) is 5.31. The molecular formula is C11H18O2. The van der Waals surface area contributed by atoms with Gasteiger partial charge in [0.25, 0.3) is 0 Å². The number of carbonyl (C=O) groups is 1. The lowest BCUT2D eigenvalue weighted by atomic mass is 9.71. The third-order valence-electron chi connectivity index (χ3n) is 3.78. The Morgan fingerprint density at radius 3 is 2.62 bits per heavy atom. The molecule has 13 heavy (non-hydrogen) atoms. The van der Waals surface area contributed by atoms with Gasteiger partial charge in [-0.05, 0) is 12.8 Å². The number of methoxy groups -OCH3 is 1. The molecule has 0 amide bonds. The number of ether oxygens (including phenoxy) is 1. The normalized spacial score (nSPS) is 32.7. The molecule has 0 aromatic carbocycles. The summed E-state index contributed by atoms with van der Waals surface area (Å²) < 4.78 is 5.45. The second kappa shape index (κ2) is 3.41. The molecule has 1 unspecified atom stereocenters. The number of carbonyl (C=O) groups excluding carboxylic acids is 1. The minimum absolute atomic E-state index is 0.222.